The molecule has 2 N–H and O–H groups in total. The van der Waals surface area contributed by atoms with Crippen LogP contribution in [0.2, 0.25) is 0 Å². The van der Waals surface area contributed by atoms with Crippen LogP contribution in [0.3, 0.4) is 0 Å². The van der Waals surface area contributed by atoms with Crippen molar-refractivity contribution in [1.29, 1.82) is 0 Å². The molecule has 3 rings (SSSR count). The number of nitrogens with two attached hydrogens (primary N) is 1. The largest absolute Gasteiger partial charge is 0.495 e. The molecule has 0 bridgehead atoms. The molecule has 6 nitrogen and oxygen atoms in total. The molecule has 2 aromatic carbocycles. The van der Waals surface area contributed by atoms with Crippen LogP contribution in [0.15, 0.2) is 42.5 Å². The Balaban J connectivity index is 1.66. The number of rotatable bonds is 6. The van der Waals surface area contributed by atoms with Gasteiger partial charge in [-0.15, -0.1) is 0 Å². The van der Waals surface area contributed by atoms with Crippen molar-refractivity contribution in [1.82, 2.24) is 0 Å². The lowest BCUT2D eigenvalue weighted by Gasteiger charge is -2.38. The highest BCUT2D eigenvalue weighted by molar-refractivity contribution is 5.92. The first-order valence-electron chi connectivity index (χ1n) is 9.33. The molecule has 0 aliphatic carbocycles. The number of carbonyl (C=O) groups excluding carboxylic acids is 1. The zero-order chi connectivity index (χ0) is 19.2. The number of nitrogen functional groups attached to an aromatic ring is 1. The van der Waals surface area contributed by atoms with Gasteiger partial charge in [0.15, 0.2) is 0 Å². The highest BCUT2D eigenvalue weighted by Crippen LogP contribution is 2.31. The third-order valence-corrected chi connectivity index (χ3v) is 4.75. The van der Waals surface area contributed by atoms with Crippen LogP contribution in [0.25, 0.3) is 0 Å². The van der Waals surface area contributed by atoms with Gasteiger partial charge in [-0.1, -0.05) is 19.1 Å². The summed E-state index contributed by atoms with van der Waals surface area (Å²) in [6.45, 7) is 5.84. The van der Waals surface area contributed by atoms with Crippen molar-refractivity contribution >= 4 is 23.0 Å². The Labute approximate surface area is 160 Å². The monoisotopic (exact) mass is 369 g/mol. The van der Waals surface area contributed by atoms with Gasteiger partial charge < -0.3 is 25.0 Å². The van der Waals surface area contributed by atoms with Crippen molar-refractivity contribution < 1.29 is 14.3 Å². The normalized spacial score (nSPS) is 14.1. The fraction of sp³-hybridized carbons (Fsp3) is 0.381. The summed E-state index contributed by atoms with van der Waals surface area (Å²) in [4.78, 5) is 16.6. The third-order valence-electron chi connectivity index (χ3n) is 4.75. The summed E-state index contributed by atoms with van der Waals surface area (Å²) in [6.07, 6.45) is 0.801. The van der Waals surface area contributed by atoms with E-state index in [9.17, 15) is 4.79 Å². The highest BCUT2D eigenvalue weighted by Gasteiger charge is 2.21. The van der Waals surface area contributed by atoms with Crippen molar-refractivity contribution in [2.45, 2.75) is 13.3 Å². The van der Waals surface area contributed by atoms with Crippen LogP contribution in [0, 0.1) is 0 Å². The molecule has 0 amide bonds. The minimum atomic E-state index is -0.323. The van der Waals surface area contributed by atoms with E-state index in [1.807, 2.05) is 31.2 Å². The number of esters is 1. The molecular weight excluding hydrogens is 342 g/mol. The Morgan fingerprint density at radius 2 is 1.70 bits per heavy atom. The highest BCUT2D eigenvalue weighted by atomic mass is 16.5. The van der Waals surface area contributed by atoms with Gasteiger partial charge in [-0.2, -0.15) is 0 Å². The zero-order valence-corrected chi connectivity index (χ0v) is 16.0. The fourth-order valence-corrected chi connectivity index (χ4v) is 3.33. The molecule has 0 aromatic heterocycles. The average molecular weight is 369 g/mol. The van der Waals surface area contributed by atoms with E-state index >= 15 is 0 Å². The molecule has 1 saturated heterocycles. The maximum atomic E-state index is 12.0. The quantitative estimate of drug-likeness (QED) is 0.623. The number of para-hydroxylation sites is 2. The lowest BCUT2D eigenvalue weighted by molar-refractivity contribution is 0.0505. The van der Waals surface area contributed by atoms with E-state index in [-0.39, 0.29) is 5.97 Å². The van der Waals surface area contributed by atoms with Gasteiger partial charge in [-0.25, -0.2) is 4.79 Å². The Bertz CT molecular complexity index is 786. The summed E-state index contributed by atoms with van der Waals surface area (Å²) in [5.74, 6) is 0.566. The fourth-order valence-electron chi connectivity index (χ4n) is 3.33. The van der Waals surface area contributed by atoms with Crippen molar-refractivity contribution in [2.24, 2.45) is 0 Å². The van der Waals surface area contributed by atoms with Gasteiger partial charge in [0, 0.05) is 26.2 Å². The van der Waals surface area contributed by atoms with Gasteiger partial charge in [0.05, 0.1) is 36.3 Å². The number of nitrogens with zero attached hydrogens (tertiary/aromatic N) is 2. The van der Waals surface area contributed by atoms with Crippen molar-refractivity contribution in [3.8, 4) is 5.75 Å². The second-order valence-electron chi connectivity index (χ2n) is 6.56. The summed E-state index contributed by atoms with van der Waals surface area (Å²) in [7, 11) is 1.70. The van der Waals surface area contributed by atoms with Crippen LogP contribution >= 0.6 is 0 Å². The first-order valence-corrected chi connectivity index (χ1v) is 9.33. The molecule has 2 aromatic rings. The molecule has 1 aliphatic heterocycles. The Morgan fingerprint density at radius 1 is 1.04 bits per heavy atom. The number of ether oxygens (including phenoxy) is 2. The van der Waals surface area contributed by atoms with Gasteiger partial charge in [0.1, 0.15) is 5.75 Å². The number of carbonyl (C=O) groups is 1. The van der Waals surface area contributed by atoms with E-state index in [1.165, 1.54) is 0 Å². The number of anilines is 3. The average Bonchev–Trinajstić information content (AvgIpc) is 2.72. The van der Waals surface area contributed by atoms with Gasteiger partial charge in [0.2, 0.25) is 0 Å². The van der Waals surface area contributed by atoms with Crippen LogP contribution in [0.5, 0.6) is 5.75 Å². The molecule has 0 saturated carbocycles. The first kappa shape index (κ1) is 18.9. The van der Waals surface area contributed by atoms with Crippen LogP contribution in [-0.2, 0) is 4.74 Å². The smallest absolute Gasteiger partial charge is 0.338 e. The second-order valence-corrected chi connectivity index (χ2v) is 6.56. The van der Waals surface area contributed by atoms with E-state index in [0.29, 0.717) is 17.9 Å². The van der Waals surface area contributed by atoms with E-state index in [1.54, 1.807) is 19.2 Å². The molecule has 1 fully saturated rings. The number of hydrogen-bond acceptors (Lipinski definition) is 6. The van der Waals surface area contributed by atoms with Crippen LogP contribution in [0.4, 0.5) is 17.1 Å². The number of hydrogen-bond donors (Lipinski definition) is 1. The van der Waals surface area contributed by atoms with Gasteiger partial charge in [0.25, 0.3) is 0 Å². The molecule has 1 heterocycles. The van der Waals surface area contributed by atoms with Crippen LogP contribution in [-0.4, -0.2) is 45.9 Å². The van der Waals surface area contributed by atoms with Gasteiger partial charge >= 0.3 is 5.97 Å². The molecule has 0 spiro atoms. The lowest BCUT2D eigenvalue weighted by Crippen LogP contribution is -2.46. The van der Waals surface area contributed by atoms with Crippen molar-refractivity contribution in [3.63, 3.8) is 0 Å². The molecule has 1 aliphatic rings. The SMILES string of the molecule is CCCOC(=O)c1ccc(N2CCN(c3ccccc3OC)CC2)c(N)c1. The Morgan fingerprint density at radius 3 is 2.33 bits per heavy atom. The zero-order valence-electron chi connectivity index (χ0n) is 16.0. The minimum Gasteiger partial charge on any atom is -0.495 e. The summed E-state index contributed by atoms with van der Waals surface area (Å²) in [6, 6.07) is 13.5. The maximum Gasteiger partial charge on any atom is 0.338 e. The topological polar surface area (TPSA) is 68.0 Å². The second kappa shape index (κ2) is 8.66. The van der Waals surface area contributed by atoms with E-state index in [4.69, 9.17) is 15.2 Å². The van der Waals surface area contributed by atoms with E-state index in [0.717, 1.165) is 49.7 Å². The number of piperazine rings is 1. The predicted molar refractivity (Wildman–Crippen MR) is 109 cm³/mol. The number of benzene rings is 2. The lowest BCUT2D eigenvalue weighted by atomic mass is 10.1. The standard InChI is InChI=1S/C21H27N3O3/c1-3-14-27-21(25)16-8-9-18(17(22)15-16)23-10-12-24(13-11-23)19-6-4-5-7-20(19)26-2/h4-9,15H,3,10-14,22H2,1-2H3. The number of methoxy groups -OCH3 is 1. The summed E-state index contributed by atoms with van der Waals surface area (Å²) < 4.78 is 10.6. The Kier molecular flexibility index (Phi) is 6.06. The van der Waals surface area contributed by atoms with Gasteiger partial charge in [-0.05, 0) is 36.8 Å². The van der Waals surface area contributed by atoms with Crippen molar-refractivity contribution in [2.75, 3.05) is 55.4 Å². The van der Waals surface area contributed by atoms with Crippen molar-refractivity contribution in [3.05, 3.63) is 48.0 Å². The molecule has 144 valence electrons. The summed E-state index contributed by atoms with van der Waals surface area (Å²) in [5, 5.41) is 0. The third kappa shape index (κ3) is 4.27. The molecule has 0 atom stereocenters. The van der Waals surface area contributed by atoms with Crippen LogP contribution in [0.1, 0.15) is 23.7 Å². The molecular formula is C21H27N3O3. The Hall–Kier alpha value is -2.89. The van der Waals surface area contributed by atoms with Gasteiger partial charge in [-0.3, -0.25) is 0 Å². The minimum absolute atomic E-state index is 0.323. The van der Waals surface area contributed by atoms with E-state index < -0.39 is 0 Å². The summed E-state index contributed by atoms with van der Waals surface area (Å²) in [5.41, 5.74) is 9.40. The van der Waals surface area contributed by atoms with E-state index in [2.05, 4.69) is 15.9 Å². The predicted octanol–water partition coefficient (Wildman–Crippen LogP) is 3.17. The molecule has 6 heteroatoms. The molecule has 0 unspecified atom stereocenters. The maximum absolute atomic E-state index is 12.0. The molecule has 27 heavy (non-hydrogen) atoms. The first-order chi connectivity index (χ1) is 13.1. The summed E-state index contributed by atoms with van der Waals surface area (Å²) >= 11 is 0. The van der Waals surface area contributed by atoms with Crippen LogP contribution < -0.4 is 20.3 Å². The molecule has 0 radical (unpaired) electrons.